The van der Waals surface area contributed by atoms with Gasteiger partial charge in [-0.1, -0.05) is 18.5 Å². The highest BCUT2D eigenvalue weighted by molar-refractivity contribution is 6.02. The lowest BCUT2D eigenvalue weighted by atomic mass is 10.0. The Labute approximate surface area is 112 Å². The highest BCUT2D eigenvalue weighted by atomic mass is 16.4. The SMILES string of the molecule is CCCC(C(=O)N(C)CC(=O)NC1CC1)C(N)=NO. The van der Waals surface area contributed by atoms with Gasteiger partial charge in [0.1, 0.15) is 0 Å². The molecule has 1 atom stereocenters. The van der Waals surface area contributed by atoms with Gasteiger partial charge in [-0.25, -0.2) is 0 Å². The summed E-state index contributed by atoms with van der Waals surface area (Å²) in [6.07, 6.45) is 3.23. The number of nitrogens with zero attached hydrogens (tertiary/aromatic N) is 2. The first-order chi connectivity index (χ1) is 8.99. The van der Waals surface area contributed by atoms with E-state index in [0.29, 0.717) is 6.42 Å². The van der Waals surface area contributed by atoms with Gasteiger partial charge in [0, 0.05) is 13.1 Å². The van der Waals surface area contributed by atoms with Gasteiger partial charge in [0.2, 0.25) is 11.8 Å². The molecular weight excluding hydrogens is 248 g/mol. The molecule has 19 heavy (non-hydrogen) atoms. The maximum absolute atomic E-state index is 12.1. The van der Waals surface area contributed by atoms with Crippen LogP contribution in [0.15, 0.2) is 5.16 Å². The van der Waals surface area contributed by atoms with Crippen molar-refractivity contribution < 1.29 is 14.8 Å². The zero-order valence-electron chi connectivity index (χ0n) is 11.4. The van der Waals surface area contributed by atoms with E-state index in [4.69, 9.17) is 10.9 Å². The van der Waals surface area contributed by atoms with Crippen molar-refractivity contribution in [3.8, 4) is 0 Å². The summed E-state index contributed by atoms with van der Waals surface area (Å²) in [6.45, 7) is 1.90. The van der Waals surface area contributed by atoms with Crippen LogP contribution < -0.4 is 11.1 Å². The van der Waals surface area contributed by atoms with Crippen molar-refractivity contribution in [2.24, 2.45) is 16.8 Å². The summed E-state index contributed by atoms with van der Waals surface area (Å²) >= 11 is 0. The zero-order valence-corrected chi connectivity index (χ0v) is 11.4. The van der Waals surface area contributed by atoms with Crippen LogP contribution in [-0.4, -0.2) is 47.4 Å². The van der Waals surface area contributed by atoms with E-state index in [9.17, 15) is 9.59 Å². The number of likely N-dealkylation sites (N-methyl/N-ethyl adjacent to an activating group) is 1. The van der Waals surface area contributed by atoms with Gasteiger partial charge in [-0.15, -0.1) is 0 Å². The molecule has 0 saturated heterocycles. The van der Waals surface area contributed by atoms with Crippen molar-refractivity contribution in [1.29, 1.82) is 0 Å². The number of rotatable bonds is 7. The maximum Gasteiger partial charge on any atom is 0.239 e. The second kappa shape index (κ2) is 6.96. The number of oxime groups is 1. The van der Waals surface area contributed by atoms with E-state index < -0.39 is 5.92 Å². The first-order valence-electron chi connectivity index (χ1n) is 6.51. The smallest absolute Gasteiger partial charge is 0.239 e. The molecule has 2 amide bonds. The van der Waals surface area contributed by atoms with Gasteiger partial charge in [0.25, 0.3) is 0 Å². The average molecular weight is 270 g/mol. The molecule has 0 aliphatic heterocycles. The summed E-state index contributed by atoms with van der Waals surface area (Å²) in [4.78, 5) is 25.1. The molecule has 0 spiro atoms. The summed E-state index contributed by atoms with van der Waals surface area (Å²) < 4.78 is 0. The van der Waals surface area contributed by atoms with Crippen molar-refractivity contribution >= 4 is 17.6 Å². The van der Waals surface area contributed by atoms with Gasteiger partial charge >= 0.3 is 0 Å². The molecule has 0 radical (unpaired) electrons. The highest BCUT2D eigenvalue weighted by Crippen LogP contribution is 2.18. The summed E-state index contributed by atoms with van der Waals surface area (Å²) in [5.74, 6) is -1.26. The Hall–Kier alpha value is -1.79. The van der Waals surface area contributed by atoms with Crippen LogP contribution in [-0.2, 0) is 9.59 Å². The Kier molecular flexibility index (Phi) is 5.59. The zero-order chi connectivity index (χ0) is 14.4. The van der Waals surface area contributed by atoms with E-state index in [0.717, 1.165) is 19.3 Å². The predicted octanol–water partition coefficient (Wildman–Crippen LogP) is -0.114. The number of nitrogens with one attached hydrogen (secondary N) is 1. The van der Waals surface area contributed by atoms with Gasteiger partial charge < -0.3 is 21.2 Å². The summed E-state index contributed by atoms with van der Waals surface area (Å²) in [6, 6.07) is 0.270. The molecule has 0 bridgehead atoms. The van der Waals surface area contributed by atoms with E-state index in [1.54, 1.807) is 7.05 Å². The normalized spacial score (nSPS) is 16.8. The standard InChI is InChI=1S/C12H22N4O3/c1-3-4-9(11(13)15-19)12(18)16(2)7-10(17)14-8-5-6-8/h8-9,19H,3-7H2,1-2H3,(H2,13,15)(H,14,17). The number of hydrogen-bond donors (Lipinski definition) is 3. The Bertz CT molecular complexity index is 366. The lowest BCUT2D eigenvalue weighted by molar-refractivity contribution is -0.136. The van der Waals surface area contributed by atoms with E-state index in [1.807, 2.05) is 6.92 Å². The molecule has 1 fully saturated rings. The molecule has 7 nitrogen and oxygen atoms in total. The topological polar surface area (TPSA) is 108 Å². The van der Waals surface area contributed by atoms with Crippen LogP contribution in [0.2, 0.25) is 0 Å². The summed E-state index contributed by atoms with van der Waals surface area (Å²) in [7, 11) is 1.54. The largest absolute Gasteiger partial charge is 0.409 e. The lowest BCUT2D eigenvalue weighted by Crippen LogP contribution is -2.44. The fourth-order valence-electron chi connectivity index (χ4n) is 1.82. The fourth-order valence-corrected chi connectivity index (χ4v) is 1.82. The van der Waals surface area contributed by atoms with E-state index in [1.165, 1.54) is 4.90 Å². The molecule has 0 aromatic carbocycles. The van der Waals surface area contributed by atoms with Crippen LogP contribution in [0, 0.1) is 5.92 Å². The first-order valence-corrected chi connectivity index (χ1v) is 6.51. The Balaban J connectivity index is 2.53. The third-order valence-corrected chi connectivity index (χ3v) is 3.05. The molecule has 1 unspecified atom stereocenters. The second-order valence-electron chi connectivity index (χ2n) is 4.90. The molecule has 1 rings (SSSR count). The molecule has 1 aliphatic rings. The maximum atomic E-state index is 12.1. The average Bonchev–Trinajstić information content (AvgIpc) is 3.17. The Morgan fingerprint density at radius 3 is 2.63 bits per heavy atom. The minimum atomic E-state index is -0.672. The van der Waals surface area contributed by atoms with Crippen LogP contribution >= 0.6 is 0 Å². The molecule has 1 aliphatic carbocycles. The van der Waals surface area contributed by atoms with Crippen molar-refractivity contribution in [2.45, 2.75) is 38.6 Å². The van der Waals surface area contributed by atoms with Gasteiger partial charge in [0.05, 0.1) is 12.5 Å². The monoisotopic (exact) mass is 270 g/mol. The molecule has 1 saturated carbocycles. The Morgan fingerprint density at radius 2 is 2.16 bits per heavy atom. The van der Waals surface area contributed by atoms with E-state index in [-0.39, 0.29) is 30.2 Å². The molecule has 0 aromatic rings. The van der Waals surface area contributed by atoms with Crippen molar-refractivity contribution in [3.63, 3.8) is 0 Å². The molecule has 0 heterocycles. The van der Waals surface area contributed by atoms with Crippen LogP contribution in [0.5, 0.6) is 0 Å². The fraction of sp³-hybridized carbons (Fsp3) is 0.750. The van der Waals surface area contributed by atoms with Gasteiger partial charge in [0.15, 0.2) is 5.84 Å². The first kappa shape index (κ1) is 15.3. The molecule has 108 valence electrons. The van der Waals surface area contributed by atoms with Crippen LogP contribution in [0.1, 0.15) is 32.6 Å². The number of hydrogen-bond acceptors (Lipinski definition) is 4. The predicted molar refractivity (Wildman–Crippen MR) is 70.6 cm³/mol. The summed E-state index contributed by atoms with van der Waals surface area (Å²) in [5, 5.41) is 14.4. The highest BCUT2D eigenvalue weighted by Gasteiger charge is 2.28. The minimum absolute atomic E-state index is 0.00570. The Morgan fingerprint density at radius 1 is 1.53 bits per heavy atom. The quantitative estimate of drug-likeness (QED) is 0.259. The van der Waals surface area contributed by atoms with Crippen LogP contribution in [0.25, 0.3) is 0 Å². The van der Waals surface area contributed by atoms with E-state index >= 15 is 0 Å². The van der Waals surface area contributed by atoms with Gasteiger partial charge in [-0.3, -0.25) is 9.59 Å². The number of nitrogens with two attached hydrogens (primary N) is 1. The number of carbonyl (C=O) groups excluding carboxylic acids is 2. The molecule has 0 aromatic heterocycles. The molecule has 7 heteroatoms. The third kappa shape index (κ3) is 4.76. The second-order valence-corrected chi connectivity index (χ2v) is 4.90. The van der Waals surface area contributed by atoms with Crippen molar-refractivity contribution in [2.75, 3.05) is 13.6 Å². The summed E-state index contributed by atoms with van der Waals surface area (Å²) in [5.41, 5.74) is 5.52. The van der Waals surface area contributed by atoms with Gasteiger partial charge in [-0.2, -0.15) is 0 Å². The third-order valence-electron chi connectivity index (χ3n) is 3.05. The van der Waals surface area contributed by atoms with Crippen molar-refractivity contribution in [1.82, 2.24) is 10.2 Å². The van der Waals surface area contributed by atoms with Crippen LogP contribution in [0.4, 0.5) is 0 Å². The van der Waals surface area contributed by atoms with Crippen molar-refractivity contribution in [3.05, 3.63) is 0 Å². The van der Waals surface area contributed by atoms with Crippen LogP contribution in [0.3, 0.4) is 0 Å². The van der Waals surface area contributed by atoms with Gasteiger partial charge in [-0.05, 0) is 19.3 Å². The molecular formula is C12H22N4O3. The van der Waals surface area contributed by atoms with E-state index in [2.05, 4.69) is 10.5 Å². The molecule has 4 N–H and O–H groups in total. The lowest BCUT2D eigenvalue weighted by Gasteiger charge is -2.22. The minimum Gasteiger partial charge on any atom is -0.409 e. The number of carbonyl (C=O) groups is 2. The number of amides is 2. The number of amidine groups is 1.